The van der Waals surface area contributed by atoms with E-state index in [-0.39, 0.29) is 24.0 Å². The molecule has 5 nitrogen and oxygen atoms in total. The molecule has 0 aliphatic carbocycles. The summed E-state index contributed by atoms with van der Waals surface area (Å²) in [5, 5.41) is -0.555. The van der Waals surface area contributed by atoms with Crippen LogP contribution in [0, 0.1) is 0 Å². The van der Waals surface area contributed by atoms with Crippen LogP contribution in [0.15, 0.2) is 60.7 Å². The number of carbonyl (C=O) groups is 3. The van der Waals surface area contributed by atoms with E-state index >= 15 is 0 Å². The number of esters is 1. The lowest BCUT2D eigenvalue weighted by molar-refractivity contribution is -0.131. The number of thioether (sulfide) groups is 1. The zero-order valence-electron chi connectivity index (χ0n) is 12.8. The molecule has 1 aliphatic rings. The smallest absolute Gasteiger partial charge is 0.321 e. The van der Waals surface area contributed by atoms with Gasteiger partial charge in [-0.1, -0.05) is 36.4 Å². The third kappa shape index (κ3) is 3.65. The van der Waals surface area contributed by atoms with Gasteiger partial charge in [0.05, 0.1) is 16.7 Å². The fourth-order valence-corrected chi connectivity index (χ4v) is 3.31. The van der Waals surface area contributed by atoms with Gasteiger partial charge in [0.15, 0.2) is 0 Å². The molecule has 0 aromatic heterocycles. The maximum atomic E-state index is 12.4. The van der Waals surface area contributed by atoms with Crippen molar-refractivity contribution in [2.24, 2.45) is 0 Å². The molecule has 2 aromatic rings. The van der Waals surface area contributed by atoms with Crippen molar-refractivity contribution in [2.75, 3.05) is 10.7 Å². The zero-order valence-corrected chi connectivity index (χ0v) is 13.6. The number of amides is 2. The first-order valence-electron chi connectivity index (χ1n) is 7.44. The van der Waals surface area contributed by atoms with Gasteiger partial charge in [-0.25, -0.2) is 4.90 Å². The third-order valence-corrected chi connectivity index (χ3v) is 4.67. The van der Waals surface area contributed by atoms with Crippen LogP contribution in [0.4, 0.5) is 5.69 Å². The summed E-state index contributed by atoms with van der Waals surface area (Å²) in [6.07, 6.45) is 0.0943. The highest BCUT2D eigenvalue weighted by Crippen LogP contribution is 2.29. The van der Waals surface area contributed by atoms with Crippen molar-refractivity contribution in [1.82, 2.24) is 0 Å². The lowest BCUT2D eigenvalue weighted by atomic mass is 10.3. The summed E-state index contributed by atoms with van der Waals surface area (Å²) >= 11 is 1.14. The minimum Gasteiger partial charge on any atom is -0.426 e. The molecular weight excluding hydrogens is 326 g/mol. The zero-order chi connectivity index (χ0) is 16.9. The monoisotopic (exact) mass is 341 g/mol. The van der Waals surface area contributed by atoms with Gasteiger partial charge >= 0.3 is 5.97 Å². The molecule has 1 saturated heterocycles. The second-order valence-corrected chi connectivity index (χ2v) is 6.38. The Kier molecular flexibility index (Phi) is 4.96. The lowest BCUT2D eigenvalue weighted by Gasteiger charge is -2.14. The average molecular weight is 341 g/mol. The van der Waals surface area contributed by atoms with Crippen LogP contribution in [0.1, 0.15) is 6.42 Å². The van der Waals surface area contributed by atoms with Gasteiger partial charge in [0.25, 0.3) is 0 Å². The summed E-state index contributed by atoms with van der Waals surface area (Å²) in [6, 6.07) is 17.5. The van der Waals surface area contributed by atoms with E-state index in [1.54, 1.807) is 48.5 Å². The van der Waals surface area contributed by atoms with Gasteiger partial charge in [-0.05, 0) is 24.3 Å². The van der Waals surface area contributed by atoms with Crippen LogP contribution in [0.25, 0.3) is 0 Å². The Morgan fingerprint density at radius 3 is 2.33 bits per heavy atom. The first kappa shape index (κ1) is 16.3. The van der Waals surface area contributed by atoms with E-state index in [2.05, 4.69) is 0 Å². The molecule has 3 rings (SSSR count). The molecule has 0 N–H and O–H groups in total. The van der Waals surface area contributed by atoms with E-state index in [1.807, 2.05) is 12.1 Å². The normalized spacial score (nSPS) is 17.2. The summed E-state index contributed by atoms with van der Waals surface area (Å²) in [7, 11) is 0. The Balaban J connectivity index is 1.58. The van der Waals surface area contributed by atoms with Crippen molar-refractivity contribution in [1.29, 1.82) is 0 Å². The van der Waals surface area contributed by atoms with E-state index in [1.165, 1.54) is 4.90 Å². The predicted molar refractivity (Wildman–Crippen MR) is 91.9 cm³/mol. The van der Waals surface area contributed by atoms with Crippen LogP contribution < -0.4 is 9.64 Å². The van der Waals surface area contributed by atoms with E-state index in [9.17, 15) is 14.4 Å². The first-order chi connectivity index (χ1) is 11.6. The number of nitrogens with zero attached hydrogens (tertiary/aromatic N) is 1. The third-order valence-electron chi connectivity index (χ3n) is 3.50. The number of para-hydroxylation sites is 2. The first-order valence-corrected chi connectivity index (χ1v) is 8.49. The van der Waals surface area contributed by atoms with Crippen molar-refractivity contribution in [2.45, 2.75) is 11.7 Å². The summed E-state index contributed by atoms with van der Waals surface area (Å²) < 4.78 is 5.18. The summed E-state index contributed by atoms with van der Waals surface area (Å²) in [6.45, 7) is 0. The number of anilines is 1. The maximum absolute atomic E-state index is 12.4. The van der Waals surface area contributed by atoms with Gasteiger partial charge in [0.1, 0.15) is 5.75 Å². The molecule has 24 heavy (non-hydrogen) atoms. The Labute approximate surface area is 143 Å². The lowest BCUT2D eigenvalue weighted by Crippen LogP contribution is -2.31. The molecular formula is C18H15NO4S. The number of hydrogen-bond donors (Lipinski definition) is 0. The molecule has 6 heteroatoms. The maximum Gasteiger partial charge on any atom is 0.321 e. The van der Waals surface area contributed by atoms with Gasteiger partial charge in [-0.3, -0.25) is 14.4 Å². The highest BCUT2D eigenvalue weighted by Gasteiger charge is 2.40. The highest BCUT2D eigenvalue weighted by molar-refractivity contribution is 8.01. The van der Waals surface area contributed by atoms with Crippen LogP contribution in [0.2, 0.25) is 0 Å². The van der Waals surface area contributed by atoms with Crippen molar-refractivity contribution in [3.8, 4) is 5.75 Å². The number of imide groups is 1. The molecule has 1 heterocycles. The summed E-state index contributed by atoms with van der Waals surface area (Å²) in [5.74, 6) is -0.502. The highest BCUT2D eigenvalue weighted by atomic mass is 32.2. The SMILES string of the molecule is O=C(CS[C@@H]1CC(=O)N(c2ccccc2)C1=O)Oc1ccccc1. The van der Waals surface area contributed by atoms with Gasteiger partial charge in [-0.15, -0.1) is 11.8 Å². The largest absolute Gasteiger partial charge is 0.426 e. The van der Waals surface area contributed by atoms with E-state index in [0.717, 1.165) is 11.8 Å². The van der Waals surface area contributed by atoms with Crippen LogP contribution >= 0.6 is 11.8 Å². The van der Waals surface area contributed by atoms with Gasteiger partial charge < -0.3 is 4.74 Å². The molecule has 0 radical (unpaired) electrons. The summed E-state index contributed by atoms with van der Waals surface area (Å²) in [5.41, 5.74) is 0.558. The van der Waals surface area contributed by atoms with Gasteiger partial charge in [-0.2, -0.15) is 0 Å². The van der Waals surface area contributed by atoms with Crippen LogP contribution in [-0.2, 0) is 14.4 Å². The molecule has 122 valence electrons. The number of ether oxygens (including phenoxy) is 1. The fraction of sp³-hybridized carbons (Fsp3) is 0.167. The second-order valence-electron chi connectivity index (χ2n) is 5.19. The van der Waals surface area contributed by atoms with E-state index in [4.69, 9.17) is 4.74 Å². The Morgan fingerprint density at radius 2 is 1.67 bits per heavy atom. The topological polar surface area (TPSA) is 63.7 Å². The molecule has 2 amide bonds. The van der Waals surface area contributed by atoms with Crippen molar-refractivity contribution >= 4 is 35.2 Å². The van der Waals surface area contributed by atoms with Crippen molar-refractivity contribution in [3.05, 3.63) is 60.7 Å². The molecule has 1 aliphatic heterocycles. The number of carbonyl (C=O) groups excluding carboxylic acids is 3. The Hall–Kier alpha value is -2.60. The van der Waals surface area contributed by atoms with Crippen molar-refractivity contribution in [3.63, 3.8) is 0 Å². The summed E-state index contributed by atoms with van der Waals surface area (Å²) in [4.78, 5) is 37.6. The van der Waals surface area contributed by atoms with E-state index in [0.29, 0.717) is 11.4 Å². The minimum absolute atomic E-state index is 0.0151. The fourth-order valence-electron chi connectivity index (χ4n) is 2.40. The Bertz CT molecular complexity index is 748. The van der Waals surface area contributed by atoms with Gasteiger partial charge in [0.2, 0.25) is 11.8 Å². The van der Waals surface area contributed by atoms with Crippen LogP contribution in [0.5, 0.6) is 5.75 Å². The van der Waals surface area contributed by atoms with Gasteiger partial charge in [0, 0.05) is 6.42 Å². The van der Waals surface area contributed by atoms with E-state index < -0.39 is 11.2 Å². The number of hydrogen-bond acceptors (Lipinski definition) is 5. The number of benzene rings is 2. The number of rotatable bonds is 5. The standard InChI is InChI=1S/C18H15NO4S/c20-16-11-15(18(22)19(16)13-7-3-1-4-8-13)24-12-17(21)23-14-9-5-2-6-10-14/h1-10,15H,11-12H2/t15-/m1/s1. The molecule has 1 fully saturated rings. The predicted octanol–water partition coefficient (Wildman–Crippen LogP) is 2.66. The molecule has 0 bridgehead atoms. The molecule has 0 unspecified atom stereocenters. The molecule has 0 saturated carbocycles. The molecule has 1 atom stereocenters. The minimum atomic E-state index is -0.555. The second kappa shape index (κ2) is 7.31. The van der Waals surface area contributed by atoms with Crippen LogP contribution in [0.3, 0.4) is 0 Å². The molecule has 2 aromatic carbocycles. The van der Waals surface area contributed by atoms with Crippen molar-refractivity contribution < 1.29 is 19.1 Å². The quantitative estimate of drug-likeness (QED) is 0.475. The Morgan fingerprint density at radius 1 is 1.04 bits per heavy atom. The van der Waals surface area contributed by atoms with Crippen LogP contribution in [-0.4, -0.2) is 28.8 Å². The molecule has 0 spiro atoms. The average Bonchev–Trinajstić information content (AvgIpc) is 2.88.